The molecule has 1 unspecified atom stereocenters. The van der Waals surface area contributed by atoms with Crippen LogP contribution in [0.2, 0.25) is 0 Å². The van der Waals surface area contributed by atoms with E-state index in [-0.39, 0.29) is 23.9 Å². The van der Waals surface area contributed by atoms with Crippen molar-refractivity contribution >= 4 is 12.4 Å². The van der Waals surface area contributed by atoms with Gasteiger partial charge in [-0.3, -0.25) is 9.69 Å². The molecule has 172 valence electrons. The van der Waals surface area contributed by atoms with Crippen LogP contribution in [0.4, 0.5) is 8.78 Å². The summed E-state index contributed by atoms with van der Waals surface area (Å²) in [6, 6.07) is 5.47. The van der Waals surface area contributed by atoms with Crippen LogP contribution in [0.1, 0.15) is 49.3 Å². The molecule has 1 amide bonds. The Labute approximate surface area is 181 Å². The summed E-state index contributed by atoms with van der Waals surface area (Å²) < 4.78 is 36.6. The number of aliphatic imine (C=N–C) groups is 1. The molecular formula is C22H31F2N3O4. The van der Waals surface area contributed by atoms with Crippen molar-refractivity contribution in [2.75, 3.05) is 26.9 Å². The Balaban J connectivity index is 1.90. The van der Waals surface area contributed by atoms with Crippen LogP contribution in [0.5, 0.6) is 5.75 Å². The number of hydrogen-bond donors (Lipinski definition) is 2. The van der Waals surface area contributed by atoms with E-state index in [4.69, 9.17) is 15.2 Å². The second-order valence-corrected chi connectivity index (χ2v) is 8.36. The number of methoxy groups -OCH3 is 1. The average molecular weight is 440 g/mol. The fraction of sp³-hybridized carbons (Fsp3) is 0.636. The van der Waals surface area contributed by atoms with E-state index >= 15 is 0 Å². The van der Waals surface area contributed by atoms with Crippen molar-refractivity contribution < 1.29 is 28.2 Å². The number of ether oxygens (including phenoxy) is 2. The monoisotopic (exact) mass is 439 g/mol. The molecule has 0 saturated heterocycles. The van der Waals surface area contributed by atoms with Gasteiger partial charge in [-0.2, -0.15) is 0 Å². The standard InChI is InChI=1S/C22H31F2N3O4/c1-30-9-2-10-31-17-4-3-15-12-22(7-5-16(29)6-8-22)20(18(15)11-17)26-21(25)27(14-28)13-19(23)24/h3-4,11,14,16,19-20,29H,2,5-10,12-13H2,1H3,(H2,25,26). The summed E-state index contributed by atoms with van der Waals surface area (Å²) in [5.74, 6) is 0.478. The number of aliphatic hydroxyl groups is 1. The molecule has 3 N–H and O–H groups in total. The third kappa shape index (κ3) is 5.51. The number of halogens is 2. The number of nitrogens with two attached hydrogens (primary N) is 1. The highest BCUT2D eigenvalue weighted by Gasteiger charge is 2.48. The van der Waals surface area contributed by atoms with Gasteiger partial charge in [-0.15, -0.1) is 0 Å². The molecule has 0 heterocycles. The molecule has 3 rings (SSSR count). The second-order valence-electron chi connectivity index (χ2n) is 8.36. The Bertz CT molecular complexity index is 782. The van der Waals surface area contributed by atoms with Gasteiger partial charge in [-0.25, -0.2) is 13.8 Å². The normalized spacial score (nSPS) is 25.6. The number of aliphatic hydroxyl groups excluding tert-OH is 1. The minimum absolute atomic E-state index is 0.218. The first-order valence-corrected chi connectivity index (χ1v) is 10.6. The first-order chi connectivity index (χ1) is 14.9. The van der Waals surface area contributed by atoms with E-state index in [0.717, 1.165) is 41.7 Å². The Morgan fingerprint density at radius 2 is 2.13 bits per heavy atom. The lowest BCUT2D eigenvalue weighted by molar-refractivity contribution is -0.116. The zero-order valence-corrected chi connectivity index (χ0v) is 17.8. The molecule has 7 nitrogen and oxygen atoms in total. The highest BCUT2D eigenvalue weighted by molar-refractivity contribution is 5.87. The molecule has 31 heavy (non-hydrogen) atoms. The molecule has 9 heteroatoms. The highest BCUT2D eigenvalue weighted by atomic mass is 19.3. The largest absolute Gasteiger partial charge is 0.493 e. The van der Waals surface area contributed by atoms with Crippen LogP contribution in [0, 0.1) is 5.41 Å². The Morgan fingerprint density at radius 3 is 2.77 bits per heavy atom. The zero-order chi connectivity index (χ0) is 22.4. The van der Waals surface area contributed by atoms with Crippen LogP contribution in [-0.4, -0.2) is 61.8 Å². The molecule has 2 aliphatic carbocycles. The molecule has 1 fully saturated rings. The fourth-order valence-corrected chi connectivity index (χ4v) is 4.66. The predicted molar refractivity (Wildman–Crippen MR) is 112 cm³/mol. The number of carbonyl (C=O) groups excluding carboxylic acids is 1. The zero-order valence-electron chi connectivity index (χ0n) is 17.8. The summed E-state index contributed by atoms with van der Waals surface area (Å²) in [4.78, 5) is 16.6. The lowest BCUT2D eigenvalue weighted by Crippen LogP contribution is -2.41. The van der Waals surface area contributed by atoms with E-state index in [9.17, 15) is 18.7 Å². The summed E-state index contributed by atoms with van der Waals surface area (Å²) in [7, 11) is 1.64. The van der Waals surface area contributed by atoms with Crippen LogP contribution < -0.4 is 10.5 Å². The number of guanidine groups is 1. The average Bonchev–Trinajstić information content (AvgIpc) is 3.04. The summed E-state index contributed by atoms with van der Waals surface area (Å²) in [5, 5.41) is 10.0. The van der Waals surface area contributed by atoms with Gasteiger partial charge in [0.1, 0.15) is 5.75 Å². The number of amides is 1. The number of nitrogens with zero attached hydrogens (tertiary/aromatic N) is 2. The molecule has 0 bridgehead atoms. The predicted octanol–water partition coefficient (Wildman–Crippen LogP) is 2.66. The maximum Gasteiger partial charge on any atom is 0.256 e. The number of benzene rings is 1. The first kappa shape index (κ1) is 23.4. The van der Waals surface area contributed by atoms with E-state index < -0.39 is 19.0 Å². The van der Waals surface area contributed by atoms with Crippen molar-refractivity contribution in [1.29, 1.82) is 0 Å². The second kappa shape index (κ2) is 10.4. The van der Waals surface area contributed by atoms with Gasteiger partial charge in [0.2, 0.25) is 6.41 Å². The van der Waals surface area contributed by atoms with Gasteiger partial charge < -0.3 is 20.3 Å². The molecule has 1 spiro atoms. The van der Waals surface area contributed by atoms with Gasteiger partial charge in [-0.05, 0) is 55.4 Å². The van der Waals surface area contributed by atoms with E-state index in [1.807, 2.05) is 18.2 Å². The van der Waals surface area contributed by atoms with Crippen molar-refractivity contribution in [3.8, 4) is 5.75 Å². The fourth-order valence-electron chi connectivity index (χ4n) is 4.66. The van der Waals surface area contributed by atoms with Crippen LogP contribution >= 0.6 is 0 Å². The van der Waals surface area contributed by atoms with Crippen molar-refractivity contribution in [2.45, 2.75) is 57.1 Å². The van der Waals surface area contributed by atoms with Gasteiger partial charge in [0.25, 0.3) is 6.43 Å². The van der Waals surface area contributed by atoms with E-state index in [1.165, 1.54) is 0 Å². The molecule has 0 radical (unpaired) electrons. The molecule has 2 aliphatic rings. The summed E-state index contributed by atoms with van der Waals surface area (Å²) in [5.41, 5.74) is 7.78. The maximum absolute atomic E-state index is 12.8. The minimum Gasteiger partial charge on any atom is -0.493 e. The Morgan fingerprint density at radius 1 is 1.39 bits per heavy atom. The van der Waals surface area contributed by atoms with Crippen LogP contribution in [-0.2, 0) is 16.0 Å². The number of fused-ring (bicyclic) bond motifs is 1. The van der Waals surface area contributed by atoms with Crippen LogP contribution in [0.15, 0.2) is 23.2 Å². The van der Waals surface area contributed by atoms with Crippen molar-refractivity contribution in [2.24, 2.45) is 16.1 Å². The first-order valence-electron chi connectivity index (χ1n) is 10.6. The van der Waals surface area contributed by atoms with Gasteiger partial charge >= 0.3 is 0 Å². The van der Waals surface area contributed by atoms with Crippen molar-refractivity contribution in [3.05, 3.63) is 29.3 Å². The topological polar surface area (TPSA) is 97.4 Å². The third-order valence-electron chi connectivity index (χ3n) is 6.26. The van der Waals surface area contributed by atoms with Crippen LogP contribution in [0.25, 0.3) is 0 Å². The molecular weight excluding hydrogens is 408 g/mol. The van der Waals surface area contributed by atoms with E-state index in [2.05, 4.69) is 4.99 Å². The van der Waals surface area contributed by atoms with Gasteiger partial charge in [0.15, 0.2) is 5.96 Å². The van der Waals surface area contributed by atoms with Crippen molar-refractivity contribution in [1.82, 2.24) is 4.90 Å². The molecule has 0 aromatic heterocycles. The van der Waals surface area contributed by atoms with Crippen LogP contribution in [0.3, 0.4) is 0 Å². The van der Waals surface area contributed by atoms with Gasteiger partial charge in [-0.1, -0.05) is 6.07 Å². The Hall–Kier alpha value is -2.26. The maximum atomic E-state index is 12.8. The smallest absolute Gasteiger partial charge is 0.256 e. The quantitative estimate of drug-likeness (QED) is 0.267. The lowest BCUT2D eigenvalue weighted by atomic mass is 9.69. The van der Waals surface area contributed by atoms with E-state index in [0.29, 0.717) is 31.8 Å². The molecule has 1 aromatic rings. The molecule has 1 aromatic carbocycles. The van der Waals surface area contributed by atoms with Gasteiger partial charge in [0, 0.05) is 25.6 Å². The van der Waals surface area contributed by atoms with Crippen molar-refractivity contribution in [3.63, 3.8) is 0 Å². The number of hydrogen-bond acceptors (Lipinski definition) is 5. The van der Waals surface area contributed by atoms with Gasteiger partial charge in [0.05, 0.1) is 25.3 Å². The third-order valence-corrected chi connectivity index (χ3v) is 6.26. The lowest BCUT2D eigenvalue weighted by Gasteiger charge is -2.39. The Kier molecular flexibility index (Phi) is 7.83. The SMILES string of the molecule is COCCCOc1ccc2c(c1)C(N=C(N)N(C=O)CC(F)F)C1(CCC(O)CC1)C2. The molecule has 1 atom stereocenters. The molecule has 0 aliphatic heterocycles. The molecule has 1 saturated carbocycles. The highest BCUT2D eigenvalue weighted by Crippen LogP contribution is 2.56. The number of rotatable bonds is 9. The number of alkyl halides is 2. The summed E-state index contributed by atoms with van der Waals surface area (Å²) >= 11 is 0. The van der Waals surface area contributed by atoms with E-state index in [1.54, 1.807) is 7.11 Å². The summed E-state index contributed by atoms with van der Waals surface area (Å²) in [6.45, 7) is 0.311. The minimum atomic E-state index is -2.71. The summed E-state index contributed by atoms with van der Waals surface area (Å²) in [6.07, 6.45) is 1.52. The number of carbonyl (C=O) groups is 1.